The second kappa shape index (κ2) is 8.36. The van der Waals surface area contributed by atoms with Crippen LogP contribution in [0.4, 0.5) is 29.1 Å². The average molecular weight is 480 g/mol. The minimum atomic E-state index is -4.49. The van der Waals surface area contributed by atoms with Crippen molar-refractivity contribution in [2.24, 2.45) is 0 Å². The molecule has 0 spiro atoms. The van der Waals surface area contributed by atoms with E-state index in [1.807, 2.05) is 10.3 Å². The number of alkyl halides is 3. The number of hydrogen-bond acceptors (Lipinski definition) is 5. The highest BCUT2D eigenvalue weighted by Crippen LogP contribution is 2.45. The standard InChI is InChI=1S/C22H21F4N5OS/c23-14-3-5-15(6-4-14)29-7-9-30(10-8-29)21(32)16-13-27-31-19(22(24,25)26)12-17(28-20(16)31)18-2-1-11-33-18/h1-6,11,13,17,19,28H,7-10,12H2. The molecular weight excluding hydrogens is 458 g/mol. The van der Waals surface area contributed by atoms with Crippen LogP contribution >= 0.6 is 11.3 Å². The summed E-state index contributed by atoms with van der Waals surface area (Å²) < 4.78 is 55.5. The van der Waals surface area contributed by atoms with Gasteiger partial charge in [0, 0.05) is 43.2 Å². The number of nitrogens with zero attached hydrogens (tertiary/aromatic N) is 4. The number of carbonyl (C=O) groups excluding carboxylic acids is 1. The maximum absolute atomic E-state index is 13.8. The number of aromatic nitrogens is 2. The topological polar surface area (TPSA) is 53.4 Å². The van der Waals surface area contributed by atoms with Crippen molar-refractivity contribution in [3.63, 3.8) is 0 Å². The summed E-state index contributed by atoms with van der Waals surface area (Å²) in [5.41, 5.74) is 1.00. The Labute approximate surface area is 191 Å². The minimum Gasteiger partial charge on any atom is -0.368 e. The number of nitrogens with one attached hydrogen (secondary N) is 1. The molecule has 33 heavy (non-hydrogen) atoms. The van der Waals surface area contributed by atoms with Crippen LogP contribution in [0.15, 0.2) is 48.0 Å². The Hall–Kier alpha value is -3.08. The van der Waals surface area contributed by atoms with Gasteiger partial charge in [-0.15, -0.1) is 11.3 Å². The van der Waals surface area contributed by atoms with Crippen molar-refractivity contribution in [2.45, 2.75) is 24.7 Å². The largest absolute Gasteiger partial charge is 0.410 e. The molecule has 6 nitrogen and oxygen atoms in total. The first-order valence-electron chi connectivity index (χ1n) is 10.5. The zero-order valence-corrected chi connectivity index (χ0v) is 18.2. The van der Waals surface area contributed by atoms with Crippen molar-refractivity contribution in [1.29, 1.82) is 0 Å². The Kier molecular flexibility index (Phi) is 5.51. The van der Waals surface area contributed by atoms with Gasteiger partial charge in [-0.3, -0.25) is 4.79 Å². The van der Waals surface area contributed by atoms with Crippen molar-refractivity contribution in [3.05, 3.63) is 64.2 Å². The van der Waals surface area contributed by atoms with Gasteiger partial charge >= 0.3 is 6.18 Å². The van der Waals surface area contributed by atoms with Crippen molar-refractivity contribution in [2.75, 3.05) is 36.4 Å². The number of piperazine rings is 1. The maximum Gasteiger partial charge on any atom is 0.410 e. The third kappa shape index (κ3) is 4.17. The highest BCUT2D eigenvalue weighted by atomic mass is 32.1. The lowest BCUT2D eigenvalue weighted by Gasteiger charge is -2.37. The van der Waals surface area contributed by atoms with Crippen molar-refractivity contribution >= 4 is 28.7 Å². The molecule has 0 bridgehead atoms. The van der Waals surface area contributed by atoms with E-state index in [-0.39, 0.29) is 29.5 Å². The fraction of sp³-hybridized carbons (Fsp3) is 0.364. The Morgan fingerprint density at radius 3 is 2.45 bits per heavy atom. The molecule has 2 unspecified atom stereocenters. The number of rotatable bonds is 3. The van der Waals surface area contributed by atoms with E-state index in [1.165, 1.54) is 29.7 Å². The number of amides is 1. The summed E-state index contributed by atoms with van der Waals surface area (Å²) in [5, 5.41) is 8.90. The van der Waals surface area contributed by atoms with Gasteiger partial charge in [-0.25, -0.2) is 9.07 Å². The summed E-state index contributed by atoms with van der Waals surface area (Å²) in [6, 6.07) is 7.37. The SMILES string of the molecule is O=C(c1cnn2c1NC(c1cccs1)CC2C(F)(F)F)N1CCN(c2ccc(F)cc2)CC1. The van der Waals surface area contributed by atoms with E-state index in [9.17, 15) is 22.4 Å². The van der Waals surface area contributed by atoms with E-state index in [0.717, 1.165) is 15.2 Å². The number of halogens is 4. The van der Waals surface area contributed by atoms with Gasteiger partial charge in [0.25, 0.3) is 5.91 Å². The van der Waals surface area contributed by atoms with Crippen LogP contribution in [0, 0.1) is 5.82 Å². The van der Waals surface area contributed by atoms with E-state index in [2.05, 4.69) is 10.4 Å². The molecule has 5 rings (SSSR count). The summed E-state index contributed by atoms with van der Waals surface area (Å²) in [7, 11) is 0. The second-order valence-electron chi connectivity index (χ2n) is 8.11. The van der Waals surface area contributed by atoms with Gasteiger partial charge in [0.1, 0.15) is 17.2 Å². The molecular formula is C22H21F4N5OS. The molecule has 3 aromatic rings. The van der Waals surface area contributed by atoms with Crippen molar-refractivity contribution in [1.82, 2.24) is 14.7 Å². The number of benzene rings is 1. The van der Waals surface area contributed by atoms with Crippen molar-refractivity contribution in [3.8, 4) is 0 Å². The first-order valence-corrected chi connectivity index (χ1v) is 11.4. The first-order chi connectivity index (χ1) is 15.8. The van der Waals surface area contributed by atoms with Crippen LogP contribution in [0.2, 0.25) is 0 Å². The first kappa shape index (κ1) is 21.7. The molecule has 0 aliphatic carbocycles. The smallest absolute Gasteiger partial charge is 0.368 e. The fourth-order valence-corrected chi connectivity index (χ4v) is 5.18. The quantitative estimate of drug-likeness (QED) is 0.553. The van der Waals surface area contributed by atoms with E-state index in [4.69, 9.17) is 0 Å². The Bertz CT molecular complexity index is 1120. The molecule has 2 atom stereocenters. The van der Waals surface area contributed by atoms with Crippen LogP contribution in [0.3, 0.4) is 0 Å². The van der Waals surface area contributed by atoms with Crippen LogP contribution in [-0.2, 0) is 0 Å². The molecule has 1 fully saturated rings. The van der Waals surface area contributed by atoms with Gasteiger partial charge in [0.2, 0.25) is 0 Å². The average Bonchev–Trinajstić information content (AvgIpc) is 3.48. The van der Waals surface area contributed by atoms with Gasteiger partial charge in [-0.05, 0) is 35.7 Å². The number of anilines is 2. The molecule has 1 saturated heterocycles. The predicted molar refractivity (Wildman–Crippen MR) is 117 cm³/mol. The Balaban J connectivity index is 1.36. The third-order valence-corrected chi connectivity index (χ3v) is 7.10. The van der Waals surface area contributed by atoms with Gasteiger partial charge < -0.3 is 15.1 Å². The molecule has 1 aromatic carbocycles. The molecule has 2 aliphatic heterocycles. The fourth-order valence-electron chi connectivity index (χ4n) is 4.39. The van der Waals surface area contributed by atoms with Gasteiger partial charge in [-0.1, -0.05) is 6.07 Å². The normalized spacial score (nSPS) is 21.0. The Morgan fingerprint density at radius 2 is 1.82 bits per heavy atom. The highest BCUT2D eigenvalue weighted by molar-refractivity contribution is 7.10. The molecule has 4 heterocycles. The zero-order chi connectivity index (χ0) is 23.2. The van der Waals surface area contributed by atoms with Crippen LogP contribution in [0.25, 0.3) is 0 Å². The second-order valence-corrected chi connectivity index (χ2v) is 9.09. The van der Waals surface area contributed by atoms with E-state index in [1.54, 1.807) is 29.2 Å². The summed E-state index contributed by atoms with van der Waals surface area (Å²) in [5.74, 6) is -0.563. The lowest BCUT2D eigenvalue weighted by atomic mass is 10.0. The molecule has 2 aliphatic rings. The van der Waals surface area contributed by atoms with Crippen LogP contribution in [0.1, 0.15) is 33.7 Å². The van der Waals surface area contributed by atoms with Crippen LogP contribution in [-0.4, -0.2) is 52.9 Å². The van der Waals surface area contributed by atoms with Crippen molar-refractivity contribution < 1.29 is 22.4 Å². The third-order valence-electron chi connectivity index (χ3n) is 6.11. The Morgan fingerprint density at radius 1 is 1.09 bits per heavy atom. The molecule has 0 saturated carbocycles. The minimum absolute atomic E-state index is 0.105. The summed E-state index contributed by atoms with van der Waals surface area (Å²) in [6.07, 6.45) is -3.45. The zero-order valence-electron chi connectivity index (χ0n) is 17.4. The van der Waals surface area contributed by atoms with E-state index in [0.29, 0.717) is 26.2 Å². The number of fused-ring (bicyclic) bond motifs is 1. The number of thiophene rings is 1. The predicted octanol–water partition coefficient (Wildman–Crippen LogP) is 4.71. The van der Waals surface area contributed by atoms with E-state index < -0.39 is 18.3 Å². The lowest BCUT2D eigenvalue weighted by Crippen LogP contribution is -2.49. The summed E-state index contributed by atoms with van der Waals surface area (Å²) >= 11 is 1.38. The summed E-state index contributed by atoms with van der Waals surface area (Å²) in [4.78, 5) is 17.7. The number of carbonyl (C=O) groups is 1. The molecule has 1 amide bonds. The number of hydrogen-bond donors (Lipinski definition) is 1. The van der Waals surface area contributed by atoms with Gasteiger partial charge in [0.05, 0.1) is 12.2 Å². The highest BCUT2D eigenvalue weighted by Gasteiger charge is 2.47. The molecule has 174 valence electrons. The summed E-state index contributed by atoms with van der Waals surface area (Å²) in [6.45, 7) is 1.88. The maximum atomic E-state index is 13.8. The molecule has 0 radical (unpaired) electrons. The van der Waals surface area contributed by atoms with Crippen LogP contribution < -0.4 is 10.2 Å². The lowest BCUT2D eigenvalue weighted by molar-refractivity contribution is -0.173. The van der Waals surface area contributed by atoms with E-state index >= 15 is 0 Å². The molecule has 2 aromatic heterocycles. The monoisotopic (exact) mass is 479 g/mol. The molecule has 11 heteroatoms. The van der Waals surface area contributed by atoms with Gasteiger partial charge in [0.15, 0.2) is 6.04 Å². The van der Waals surface area contributed by atoms with Gasteiger partial charge in [-0.2, -0.15) is 18.3 Å². The molecule has 1 N–H and O–H groups in total. The van der Waals surface area contributed by atoms with Crippen LogP contribution in [0.5, 0.6) is 0 Å².